The van der Waals surface area contributed by atoms with Crippen LogP contribution in [0, 0.1) is 0 Å². The summed E-state index contributed by atoms with van der Waals surface area (Å²) in [4.78, 5) is 10.4. The molecular formula is C46H31N3O. The van der Waals surface area contributed by atoms with Crippen molar-refractivity contribution in [2.24, 2.45) is 0 Å². The Hall–Kier alpha value is -6.52. The predicted octanol–water partition coefficient (Wildman–Crippen LogP) is 12.2. The van der Waals surface area contributed by atoms with E-state index in [0.29, 0.717) is 11.4 Å². The molecule has 0 bridgehead atoms. The molecule has 0 saturated carbocycles. The van der Waals surface area contributed by atoms with E-state index >= 15 is 0 Å². The van der Waals surface area contributed by atoms with Crippen molar-refractivity contribution in [3.8, 4) is 39.5 Å². The van der Waals surface area contributed by atoms with E-state index in [1.165, 1.54) is 32.9 Å². The lowest BCUT2D eigenvalue weighted by atomic mass is 9.97. The summed E-state index contributed by atoms with van der Waals surface area (Å²) in [6.45, 7) is 0. The van der Waals surface area contributed by atoms with Crippen molar-refractivity contribution in [3.63, 3.8) is 0 Å². The molecule has 3 heterocycles. The van der Waals surface area contributed by atoms with E-state index in [0.717, 1.165) is 63.0 Å². The molecule has 1 aliphatic carbocycles. The summed E-state index contributed by atoms with van der Waals surface area (Å²) in [6.07, 6.45) is 8.94. The molecule has 0 unspecified atom stereocenters. The Labute approximate surface area is 289 Å². The lowest BCUT2D eigenvalue weighted by Gasteiger charge is -2.11. The van der Waals surface area contributed by atoms with E-state index in [-0.39, 0.29) is 0 Å². The van der Waals surface area contributed by atoms with Crippen LogP contribution in [0.1, 0.15) is 18.4 Å². The number of benzene rings is 6. The maximum absolute atomic E-state index is 6.70. The quantitative estimate of drug-likeness (QED) is 0.188. The minimum atomic E-state index is 0.673. The van der Waals surface area contributed by atoms with Gasteiger partial charge in [-0.05, 0) is 65.4 Å². The smallest absolute Gasteiger partial charge is 0.180 e. The number of nitrogens with zero attached hydrogens (tertiary/aromatic N) is 3. The first-order valence-corrected chi connectivity index (χ1v) is 17.2. The van der Waals surface area contributed by atoms with E-state index in [4.69, 9.17) is 14.4 Å². The second kappa shape index (κ2) is 11.6. The normalized spacial score (nSPS) is 13.1. The van der Waals surface area contributed by atoms with Gasteiger partial charge >= 0.3 is 0 Å². The molecule has 4 heteroatoms. The van der Waals surface area contributed by atoms with Gasteiger partial charge in [0.2, 0.25) is 0 Å². The first-order chi connectivity index (χ1) is 24.8. The number of allylic oxidation sites excluding steroid dienone is 4. The number of rotatable bonds is 5. The van der Waals surface area contributed by atoms with Gasteiger partial charge in [-0.15, -0.1) is 0 Å². The number of aromatic nitrogens is 3. The summed E-state index contributed by atoms with van der Waals surface area (Å²) in [5.74, 6) is 0.673. The van der Waals surface area contributed by atoms with Crippen LogP contribution in [0.4, 0.5) is 0 Å². The highest BCUT2D eigenvalue weighted by molar-refractivity contribution is 6.14. The number of fused-ring (bicyclic) bond motifs is 6. The predicted molar refractivity (Wildman–Crippen MR) is 206 cm³/mol. The summed E-state index contributed by atoms with van der Waals surface area (Å²) in [6, 6.07) is 51.2. The Balaban J connectivity index is 1.18. The van der Waals surface area contributed by atoms with Crippen LogP contribution in [-0.2, 0) is 0 Å². The summed E-state index contributed by atoms with van der Waals surface area (Å²) >= 11 is 0. The second-order valence-electron chi connectivity index (χ2n) is 12.9. The Bertz CT molecular complexity index is 2750. The molecule has 50 heavy (non-hydrogen) atoms. The average Bonchev–Trinajstić information content (AvgIpc) is 3.74. The molecule has 4 nitrogen and oxygen atoms in total. The molecular weight excluding hydrogens is 611 g/mol. The minimum absolute atomic E-state index is 0.673. The SMILES string of the molecule is C1=CC(c2ccc(-c3nc(-c4ccccc4)nc4c3oc3cccc(-c5cccc(-n6c7ccccc7c7ccccc76)c5)c34)cc2)=CCC1. The van der Waals surface area contributed by atoms with Crippen molar-refractivity contribution < 1.29 is 4.42 Å². The van der Waals surface area contributed by atoms with Crippen molar-refractivity contribution in [3.05, 3.63) is 169 Å². The first-order valence-electron chi connectivity index (χ1n) is 17.2. The molecule has 3 aromatic heterocycles. The van der Waals surface area contributed by atoms with Crippen molar-refractivity contribution >= 4 is 49.4 Å². The van der Waals surface area contributed by atoms with Crippen molar-refractivity contribution in [1.29, 1.82) is 0 Å². The zero-order chi connectivity index (χ0) is 33.0. The molecule has 0 fully saturated rings. The lowest BCUT2D eigenvalue weighted by Crippen LogP contribution is -1.95. The lowest BCUT2D eigenvalue weighted by molar-refractivity contribution is 0.667. The molecule has 1 aliphatic rings. The van der Waals surface area contributed by atoms with Gasteiger partial charge in [0, 0.05) is 27.6 Å². The van der Waals surface area contributed by atoms with Gasteiger partial charge < -0.3 is 8.98 Å². The highest BCUT2D eigenvalue weighted by atomic mass is 16.3. The van der Waals surface area contributed by atoms with Crippen LogP contribution in [0.15, 0.2) is 168 Å². The van der Waals surface area contributed by atoms with Gasteiger partial charge in [-0.2, -0.15) is 0 Å². The Morgan fingerprint density at radius 3 is 2.02 bits per heavy atom. The van der Waals surface area contributed by atoms with E-state index in [1.807, 2.05) is 24.3 Å². The van der Waals surface area contributed by atoms with Gasteiger partial charge in [0.05, 0.1) is 16.4 Å². The molecule has 0 saturated heterocycles. The summed E-state index contributed by atoms with van der Waals surface area (Å²) in [5.41, 5.74) is 13.1. The van der Waals surface area contributed by atoms with Crippen LogP contribution in [0.25, 0.3) is 88.9 Å². The van der Waals surface area contributed by atoms with Gasteiger partial charge in [0.1, 0.15) is 16.8 Å². The molecule has 0 amide bonds. The largest absolute Gasteiger partial charge is 0.452 e. The summed E-state index contributed by atoms with van der Waals surface area (Å²) < 4.78 is 9.06. The minimum Gasteiger partial charge on any atom is -0.452 e. The topological polar surface area (TPSA) is 43.9 Å². The fourth-order valence-electron chi connectivity index (χ4n) is 7.50. The second-order valence-corrected chi connectivity index (χ2v) is 12.9. The Morgan fingerprint density at radius 2 is 1.26 bits per heavy atom. The van der Waals surface area contributed by atoms with Gasteiger partial charge in [-0.3, -0.25) is 0 Å². The zero-order valence-corrected chi connectivity index (χ0v) is 27.3. The molecule has 6 aromatic carbocycles. The third-order valence-corrected chi connectivity index (χ3v) is 9.85. The third-order valence-electron chi connectivity index (χ3n) is 9.85. The average molecular weight is 642 g/mol. The Kier molecular flexibility index (Phi) is 6.59. The van der Waals surface area contributed by atoms with Crippen molar-refractivity contribution in [2.45, 2.75) is 12.8 Å². The molecule has 0 atom stereocenters. The highest BCUT2D eigenvalue weighted by Crippen LogP contribution is 2.41. The van der Waals surface area contributed by atoms with Crippen LogP contribution in [0.2, 0.25) is 0 Å². The first kappa shape index (κ1) is 28.5. The molecule has 0 radical (unpaired) electrons. The van der Waals surface area contributed by atoms with Gasteiger partial charge in [0.15, 0.2) is 11.4 Å². The maximum Gasteiger partial charge on any atom is 0.180 e. The fraction of sp³-hybridized carbons (Fsp3) is 0.0435. The van der Waals surface area contributed by atoms with Crippen LogP contribution >= 0.6 is 0 Å². The van der Waals surface area contributed by atoms with Gasteiger partial charge in [-0.1, -0.05) is 133 Å². The zero-order valence-electron chi connectivity index (χ0n) is 27.3. The number of hydrogen-bond acceptors (Lipinski definition) is 3. The molecule has 0 aliphatic heterocycles. The van der Waals surface area contributed by atoms with Crippen molar-refractivity contribution in [1.82, 2.24) is 14.5 Å². The molecule has 0 N–H and O–H groups in total. The summed E-state index contributed by atoms with van der Waals surface area (Å²) in [5, 5.41) is 3.47. The van der Waals surface area contributed by atoms with Crippen LogP contribution in [0.3, 0.4) is 0 Å². The number of furan rings is 1. The molecule has 0 spiro atoms. The van der Waals surface area contributed by atoms with Crippen LogP contribution < -0.4 is 0 Å². The van der Waals surface area contributed by atoms with Crippen molar-refractivity contribution in [2.75, 3.05) is 0 Å². The molecule has 9 aromatic rings. The highest BCUT2D eigenvalue weighted by Gasteiger charge is 2.21. The number of para-hydroxylation sites is 2. The van der Waals surface area contributed by atoms with Gasteiger partial charge in [-0.25, -0.2) is 9.97 Å². The third kappa shape index (κ3) is 4.61. The van der Waals surface area contributed by atoms with Crippen LogP contribution in [-0.4, -0.2) is 14.5 Å². The monoisotopic (exact) mass is 641 g/mol. The summed E-state index contributed by atoms with van der Waals surface area (Å²) in [7, 11) is 0. The van der Waals surface area contributed by atoms with E-state index < -0.39 is 0 Å². The molecule has 10 rings (SSSR count). The molecule has 236 valence electrons. The fourth-order valence-corrected chi connectivity index (χ4v) is 7.50. The van der Waals surface area contributed by atoms with E-state index in [9.17, 15) is 0 Å². The number of hydrogen-bond donors (Lipinski definition) is 0. The van der Waals surface area contributed by atoms with E-state index in [2.05, 4.69) is 144 Å². The standard InChI is InChI=1S/C46H31N3O/c1-3-13-30(14-4-1)31-25-27-32(28-26-31)43-45-44(48-46(47-43)33-15-5-2-6-16-33)42-36(21-12-24-41(42)50-45)34-17-11-18-35(29-34)49-39-22-9-7-19-37(39)38-20-8-10-23-40(38)49/h2-3,5-29H,1,4H2. The Morgan fingerprint density at radius 1 is 0.560 bits per heavy atom. The van der Waals surface area contributed by atoms with Gasteiger partial charge in [0.25, 0.3) is 0 Å². The van der Waals surface area contributed by atoms with E-state index in [1.54, 1.807) is 0 Å². The van der Waals surface area contributed by atoms with Crippen LogP contribution in [0.5, 0.6) is 0 Å². The maximum atomic E-state index is 6.70.